The molecule has 0 saturated heterocycles. The lowest BCUT2D eigenvalue weighted by Gasteiger charge is -2.18. The molecule has 8 bridgehead atoms. The Morgan fingerprint density at radius 2 is 0.636 bits per heavy atom. The molecule has 220 valence electrons. The van der Waals surface area contributed by atoms with Gasteiger partial charge in [-0.15, -0.1) is 0 Å². The zero-order valence-electron chi connectivity index (χ0n) is 21.9. The van der Waals surface area contributed by atoms with E-state index in [1.165, 1.54) is 0 Å². The number of allylic oxidation sites excluding steroid dienone is 22. The molecule has 0 aliphatic heterocycles. The smallest absolute Gasteiger partial charge is 0.294 e. The van der Waals surface area contributed by atoms with Gasteiger partial charge in [-0.1, -0.05) is 0 Å². The summed E-state index contributed by atoms with van der Waals surface area (Å²) in [4.78, 5) is 75.7. The predicted octanol–water partition coefficient (Wildman–Crippen LogP) is 1.54. The molecule has 5 rings (SSSR count). The summed E-state index contributed by atoms with van der Waals surface area (Å²) >= 11 is 0. The van der Waals surface area contributed by atoms with Crippen molar-refractivity contribution in [3.8, 4) is 0 Å². The predicted molar refractivity (Wildman–Crippen MR) is 152 cm³/mol. The third-order valence-electron chi connectivity index (χ3n) is 6.69. The third-order valence-corrected chi connectivity index (χ3v) is 8.35. The first kappa shape index (κ1) is 30.2. The van der Waals surface area contributed by atoms with Gasteiger partial charge < -0.3 is 0 Å². The van der Waals surface area contributed by atoms with Crippen molar-refractivity contribution < 1.29 is 54.7 Å². The molecule has 2 N–H and O–H groups in total. The molecule has 0 spiro atoms. The summed E-state index contributed by atoms with van der Waals surface area (Å²) in [6.07, 6.45) is 11.8. The molecule has 0 aromatic heterocycles. The summed E-state index contributed by atoms with van der Waals surface area (Å²) < 4.78 is 67.8. The van der Waals surface area contributed by atoms with E-state index in [9.17, 15) is 54.7 Å². The van der Waals surface area contributed by atoms with Crippen LogP contribution in [0, 0.1) is 0 Å². The SMILES string of the molecule is O=CC1=CC2=CC3=CC(S(=O)(=O)O)=CC(=CC4=CC(C=O)=CC(=CC5=CC(S(=O)(=O)O)=CC(=CC(=C1)C2=O)C5=O)C4=O)C3=O. The quantitative estimate of drug-likeness (QED) is 0.334. The summed E-state index contributed by atoms with van der Waals surface area (Å²) in [6.45, 7) is 0. The molecule has 0 aromatic rings. The fourth-order valence-corrected chi connectivity index (χ4v) is 5.75. The minimum Gasteiger partial charge on any atom is -0.298 e. The van der Waals surface area contributed by atoms with E-state index in [0.29, 0.717) is 12.6 Å². The zero-order valence-corrected chi connectivity index (χ0v) is 23.5. The molecule has 0 unspecified atom stereocenters. The lowest BCUT2D eigenvalue weighted by Crippen LogP contribution is -2.19. The van der Waals surface area contributed by atoms with E-state index in [1.54, 1.807) is 0 Å². The molecule has 0 radical (unpaired) electrons. The number of fused-ring (bicyclic) bond motifs is 8. The molecule has 0 saturated carbocycles. The fourth-order valence-electron chi connectivity index (χ4n) is 4.65. The Labute approximate surface area is 248 Å². The Balaban J connectivity index is 1.88. The van der Waals surface area contributed by atoms with Gasteiger partial charge in [-0.05, 0) is 72.9 Å². The van der Waals surface area contributed by atoms with Crippen LogP contribution in [0.4, 0.5) is 0 Å². The van der Waals surface area contributed by atoms with E-state index >= 15 is 0 Å². The second-order valence-electron chi connectivity index (χ2n) is 9.68. The van der Waals surface area contributed by atoms with Gasteiger partial charge in [-0.25, -0.2) is 0 Å². The highest BCUT2D eigenvalue weighted by molar-refractivity contribution is 7.90. The zero-order chi connectivity index (χ0) is 32.1. The molecule has 12 nitrogen and oxygen atoms in total. The number of carbonyl (C=O) groups is 6. The van der Waals surface area contributed by atoms with Gasteiger partial charge in [0.05, 0.1) is 9.81 Å². The van der Waals surface area contributed by atoms with Crippen molar-refractivity contribution in [2.75, 3.05) is 0 Å². The average molecular weight is 633 g/mol. The number of hydrogen-bond acceptors (Lipinski definition) is 10. The Kier molecular flexibility index (Phi) is 7.39. The van der Waals surface area contributed by atoms with Gasteiger partial charge in [0.25, 0.3) is 20.2 Å². The van der Waals surface area contributed by atoms with Crippen LogP contribution in [-0.2, 0) is 49.0 Å². The average Bonchev–Trinajstić information content (AvgIpc) is 2.94. The summed E-state index contributed by atoms with van der Waals surface area (Å²) in [5.41, 5.74) is -3.35. The van der Waals surface area contributed by atoms with Gasteiger partial charge in [0.2, 0.25) is 0 Å². The summed E-state index contributed by atoms with van der Waals surface area (Å²) in [5, 5.41) is 0. The van der Waals surface area contributed by atoms with Crippen molar-refractivity contribution in [2.45, 2.75) is 0 Å². The van der Waals surface area contributed by atoms with Gasteiger partial charge >= 0.3 is 0 Å². The molecule has 5 aliphatic carbocycles. The fraction of sp³-hybridized carbons (Fsp3) is 0. The van der Waals surface area contributed by atoms with Crippen molar-refractivity contribution in [3.63, 3.8) is 0 Å². The highest BCUT2D eigenvalue weighted by Gasteiger charge is 2.30. The highest BCUT2D eigenvalue weighted by Crippen LogP contribution is 2.32. The monoisotopic (exact) mass is 632 g/mol. The Hall–Kier alpha value is -5.28. The molecule has 44 heavy (non-hydrogen) atoms. The molecule has 5 aliphatic rings. The maximum Gasteiger partial charge on any atom is 0.294 e. The molecule has 0 fully saturated rings. The van der Waals surface area contributed by atoms with E-state index in [0.717, 1.165) is 72.9 Å². The van der Waals surface area contributed by atoms with Crippen LogP contribution < -0.4 is 0 Å². The lowest BCUT2D eigenvalue weighted by molar-refractivity contribution is -0.112. The number of ketones is 4. The lowest BCUT2D eigenvalue weighted by atomic mass is 9.85. The number of carbonyl (C=O) groups excluding carboxylic acids is 6. The van der Waals surface area contributed by atoms with Crippen molar-refractivity contribution in [2.24, 2.45) is 0 Å². The van der Waals surface area contributed by atoms with Crippen LogP contribution in [-0.4, -0.2) is 61.6 Å². The Morgan fingerprint density at radius 1 is 0.386 bits per heavy atom. The van der Waals surface area contributed by atoms with E-state index in [2.05, 4.69) is 0 Å². The third kappa shape index (κ3) is 5.69. The Bertz CT molecular complexity index is 2020. The molecular weight excluding hydrogens is 616 g/mol. The summed E-state index contributed by atoms with van der Waals surface area (Å²) in [7, 11) is -9.87. The molecular formula is C30H16O12S2. The highest BCUT2D eigenvalue weighted by atomic mass is 32.2. The molecule has 0 atom stereocenters. The van der Waals surface area contributed by atoms with Crippen molar-refractivity contribution >= 4 is 55.9 Å². The first-order valence-corrected chi connectivity index (χ1v) is 15.1. The summed E-state index contributed by atoms with van der Waals surface area (Å²) in [6, 6.07) is 0. The van der Waals surface area contributed by atoms with Crippen LogP contribution in [0.1, 0.15) is 0 Å². The van der Waals surface area contributed by atoms with Crippen LogP contribution >= 0.6 is 0 Å². The standard InChI is InChI=1S/C30H16O12S2/c31-13-15-1-17-5-21-9-25(43(37,38)39)11-23(29(21)35)7-19-3-16(14-32)4-20(28(19)34)8-24-12-26(44(40,41)42)10-22(30(24)36)6-18(2-15)27(17)33/h1-14H,(H,37,38,39)(H,40,41,42). The van der Waals surface area contributed by atoms with Gasteiger partial charge in [0.15, 0.2) is 23.1 Å². The van der Waals surface area contributed by atoms with Gasteiger partial charge in [-0.2, -0.15) is 16.8 Å². The molecule has 0 aromatic carbocycles. The molecule has 14 heteroatoms. The largest absolute Gasteiger partial charge is 0.298 e. The molecule has 0 amide bonds. The minimum absolute atomic E-state index is 0.120. The van der Waals surface area contributed by atoms with E-state index in [4.69, 9.17) is 0 Å². The second-order valence-corrected chi connectivity index (χ2v) is 12.5. The maximum absolute atomic E-state index is 13.5. The van der Waals surface area contributed by atoms with Crippen molar-refractivity contribution in [1.82, 2.24) is 0 Å². The van der Waals surface area contributed by atoms with Crippen LogP contribution in [0.3, 0.4) is 0 Å². The minimum atomic E-state index is -4.93. The van der Waals surface area contributed by atoms with Gasteiger partial charge in [0.1, 0.15) is 12.6 Å². The van der Waals surface area contributed by atoms with Crippen LogP contribution in [0.15, 0.2) is 138 Å². The van der Waals surface area contributed by atoms with Crippen molar-refractivity contribution in [1.29, 1.82) is 0 Å². The van der Waals surface area contributed by atoms with Crippen LogP contribution in [0.25, 0.3) is 0 Å². The van der Waals surface area contributed by atoms with Gasteiger partial charge in [0, 0.05) is 55.7 Å². The first-order valence-electron chi connectivity index (χ1n) is 12.2. The number of Topliss-reactive ketones (excluding diaryl/α,β-unsaturated/α-hetero) is 4. The number of rotatable bonds is 4. The number of aldehydes is 2. The van der Waals surface area contributed by atoms with E-state index < -0.39 is 75.5 Å². The normalized spacial score (nSPS) is 20.6. The van der Waals surface area contributed by atoms with Crippen molar-refractivity contribution in [3.05, 3.63) is 138 Å². The van der Waals surface area contributed by atoms with E-state index in [1.807, 2.05) is 0 Å². The van der Waals surface area contributed by atoms with Crippen LogP contribution in [0.5, 0.6) is 0 Å². The first-order chi connectivity index (χ1) is 20.6. The number of hydrogen-bond donors (Lipinski definition) is 2. The van der Waals surface area contributed by atoms with Gasteiger partial charge in [-0.3, -0.25) is 37.9 Å². The van der Waals surface area contributed by atoms with E-state index in [-0.39, 0.29) is 33.4 Å². The maximum atomic E-state index is 13.5. The second kappa shape index (κ2) is 10.8. The molecule has 0 heterocycles. The topological polar surface area (TPSA) is 211 Å². The Morgan fingerprint density at radius 3 is 0.909 bits per heavy atom. The van der Waals surface area contributed by atoms with Crippen LogP contribution in [0.2, 0.25) is 0 Å². The summed E-state index contributed by atoms with van der Waals surface area (Å²) in [5.74, 6) is -3.51.